The zero-order valence-corrected chi connectivity index (χ0v) is 19.8. The highest BCUT2D eigenvalue weighted by molar-refractivity contribution is 6.30. The van der Waals surface area contributed by atoms with E-state index in [4.69, 9.17) is 16.3 Å². The molecule has 3 atom stereocenters. The van der Waals surface area contributed by atoms with Crippen molar-refractivity contribution >= 4 is 17.7 Å². The largest absolute Gasteiger partial charge is 0.453 e. The summed E-state index contributed by atoms with van der Waals surface area (Å²) in [4.78, 5) is 14.2. The fraction of sp³-hybridized carbons (Fsp3) is 0.565. The van der Waals surface area contributed by atoms with E-state index in [0.717, 1.165) is 30.8 Å². The number of nitrogens with one attached hydrogen (secondary N) is 1. The average molecular weight is 487 g/mol. The van der Waals surface area contributed by atoms with E-state index in [2.05, 4.69) is 17.3 Å². The van der Waals surface area contributed by atoms with Crippen molar-refractivity contribution in [3.63, 3.8) is 0 Å². The van der Waals surface area contributed by atoms with E-state index in [-0.39, 0.29) is 29.7 Å². The van der Waals surface area contributed by atoms with Gasteiger partial charge in [-0.05, 0) is 56.0 Å². The van der Waals surface area contributed by atoms with E-state index < -0.39 is 17.8 Å². The summed E-state index contributed by atoms with van der Waals surface area (Å²) >= 11 is 5.96. The maximum absolute atomic E-state index is 13.3. The van der Waals surface area contributed by atoms with Gasteiger partial charge < -0.3 is 15.0 Å². The number of ether oxygens (including phenoxy) is 1. The van der Waals surface area contributed by atoms with Gasteiger partial charge in [-0.25, -0.2) is 4.79 Å². The molecule has 1 saturated heterocycles. The summed E-state index contributed by atoms with van der Waals surface area (Å²) in [5.41, 5.74) is 0.431. The van der Waals surface area contributed by atoms with E-state index in [1.807, 2.05) is 23.9 Å². The van der Waals surface area contributed by atoms with Crippen molar-refractivity contribution in [2.45, 2.75) is 76.9 Å². The lowest BCUT2D eigenvalue weighted by molar-refractivity contribution is -0.137. The number of alkyl halides is 3. The van der Waals surface area contributed by atoms with E-state index in [0.29, 0.717) is 24.8 Å². The number of hydrogen-bond donors (Lipinski definition) is 1. The fourth-order valence-corrected chi connectivity index (χ4v) is 4.66. The number of aromatic nitrogens is 2. The molecular formula is C23H30ClF3N4O2. The molecule has 1 aromatic heterocycles. The lowest BCUT2D eigenvalue weighted by Crippen LogP contribution is -2.54. The van der Waals surface area contributed by atoms with Gasteiger partial charge in [-0.1, -0.05) is 18.5 Å². The first-order valence-corrected chi connectivity index (χ1v) is 11.5. The Bertz CT molecular complexity index is 950. The molecule has 0 aliphatic carbocycles. The molecule has 10 heteroatoms. The summed E-state index contributed by atoms with van der Waals surface area (Å²) in [6.07, 6.45) is -0.282. The Labute approximate surface area is 197 Å². The summed E-state index contributed by atoms with van der Waals surface area (Å²) in [6, 6.07) is 5.41. The Hall–Kier alpha value is -2.26. The molecule has 33 heavy (non-hydrogen) atoms. The van der Waals surface area contributed by atoms with Crippen LogP contribution in [0.2, 0.25) is 5.02 Å². The molecule has 2 heterocycles. The number of nitrogens with zero attached hydrogens (tertiary/aromatic N) is 3. The molecule has 6 nitrogen and oxygen atoms in total. The van der Waals surface area contributed by atoms with Crippen LogP contribution in [-0.2, 0) is 30.4 Å². The van der Waals surface area contributed by atoms with Crippen molar-refractivity contribution in [3.8, 4) is 0 Å². The van der Waals surface area contributed by atoms with Gasteiger partial charge in [0.2, 0.25) is 0 Å². The summed E-state index contributed by atoms with van der Waals surface area (Å²) in [6.45, 7) is 4.85. The van der Waals surface area contributed by atoms with E-state index >= 15 is 0 Å². The predicted octanol–water partition coefficient (Wildman–Crippen LogP) is 5.29. The summed E-state index contributed by atoms with van der Waals surface area (Å²) in [5.74, 6) is 0. The number of benzene rings is 1. The SMILES string of the molecule is CCC1CC(N(Cc2cc(Cl)cc(C(F)(F)F)c2)C(=O)OC)CC(Cc2ccn(CC)n2)N1. The average Bonchev–Trinajstić information content (AvgIpc) is 3.23. The molecule has 0 bridgehead atoms. The third kappa shape index (κ3) is 6.63. The number of amides is 1. The van der Waals surface area contributed by atoms with E-state index in [1.165, 1.54) is 18.1 Å². The van der Waals surface area contributed by atoms with Crippen molar-refractivity contribution in [2.24, 2.45) is 0 Å². The molecule has 0 radical (unpaired) electrons. The van der Waals surface area contributed by atoms with Gasteiger partial charge in [-0.2, -0.15) is 18.3 Å². The Balaban J connectivity index is 1.83. The molecule has 2 aromatic rings. The van der Waals surface area contributed by atoms with E-state index in [9.17, 15) is 18.0 Å². The van der Waals surface area contributed by atoms with Crippen molar-refractivity contribution in [3.05, 3.63) is 52.3 Å². The first kappa shape index (κ1) is 25.4. The lowest BCUT2D eigenvalue weighted by atomic mass is 9.89. The van der Waals surface area contributed by atoms with Crippen LogP contribution in [0.25, 0.3) is 0 Å². The van der Waals surface area contributed by atoms with Crippen molar-refractivity contribution in [1.29, 1.82) is 0 Å². The molecule has 1 amide bonds. The number of methoxy groups -OCH3 is 1. The number of rotatable bonds is 7. The monoisotopic (exact) mass is 486 g/mol. The van der Waals surface area contributed by atoms with E-state index in [1.54, 1.807) is 0 Å². The summed E-state index contributed by atoms with van der Waals surface area (Å²) in [7, 11) is 1.28. The van der Waals surface area contributed by atoms with Crippen LogP contribution in [0, 0.1) is 0 Å². The Morgan fingerprint density at radius 2 is 2.00 bits per heavy atom. The van der Waals surface area contributed by atoms with Crippen LogP contribution < -0.4 is 5.32 Å². The molecule has 1 fully saturated rings. The minimum absolute atomic E-state index is 0.0193. The molecule has 1 aromatic carbocycles. The molecule has 1 aliphatic rings. The van der Waals surface area contributed by atoms with Crippen LogP contribution in [0.5, 0.6) is 0 Å². The third-order valence-corrected chi connectivity index (χ3v) is 6.26. The quantitative estimate of drug-likeness (QED) is 0.578. The minimum Gasteiger partial charge on any atom is -0.453 e. The molecular weight excluding hydrogens is 457 g/mol. The highest BCUT2D eigenvalue weighted by Crippen LogP contribution is 2.33. The van der Waals surface area contributed by atoms with Crippen LogP contribution >= 0.6 is 11.6 Å². The zero-order chi connectivity index (χ0) is 24.2. The Kier molecular flexibility index (Phi) is 8.28. The number of carbonyl (C=O) groups excluding carboxylic acids is 1. The first-order chi connectivity index (χ1) is 15.6. The molecule has 1 aliphatic heterocycles. The predicted molar refractivity (Wildman–Crippen MR) is 120 cm³/mol. The molecule has 0 spiro atoms. The molecule has 0 saturated carbocycles. The fourth-order valence-electron chi connectivity index (χ4n) is 4.41. The van der Waals surface area contributed by atoms with Crippen LogP contribution in [0.1, 0.15) is 49.9 Å². The second-order valence-electron chi connectivity index (χ2n) is 8.40. The highest BCUT2D eigenvalue weighted by Gasteiger charge is 2.35. The zero-order valence-electron chi connectivity index (χ0n) is 19.0. The molecule has 182 valence electrons. The number of carbonyl (C=O) groups is 1. The van der Waals surface area contributed by atoms with Crippen LogP contribution in [0.4, 0.5) is 18.0 Å². The van der Waals surface area contributed by atoms with Gasteiger partial charge in [0.1, 0.15) is 0 Å². The summed E-state index contributed by atoms with van der Waals surface area (Å²) < 4.78 is 46.7. The third-order valence-electron chi connectivity index (χ3n) is 6.04. The maximum atomic E-state index is 13.3. The lowest BCUT2D eigenvalue weighted by Gasteiger charge is -2.41. The molecule has 3 rings (SSSR count). The number of halogens is 4. The minimum atomic E-state index is -4.52. The maximum Gasteiger partial charge on any atom is 0.416 e. The van der Waals surface area contributed by atoms with Gasteiger partial charge in [0.05, 0.1) is 18.4 Å². The van der Waals surface area contributed by atoms with Gasteiger partial charge >= 0.3 is 12.3 Å². The van der Waals surface area contributed by atoms with Gasteiger partial charge in [-0.3, -0.25) is 4.68 Å². The Morgan fingerprint density at radius 3 is 2.61 bits per heavy atom. The highest BCUT2D eigenvalue weighted by atomic mass is 35.5. The summed E-state index contributed by atoms with van der Waals surface area (Å²) in [5, 5.41) is 8.16. The Morgan fingerprint density at radius 1 is 1.27 bits per heavy atom. The molecule has 1 N–H and O–H groups in total. The van der Waals surface area contributed by atoms with Gasteiger partial charge in [0.25, 0.3) is 0 Å². The van der Waals surface area contributed by atoms with Gasteiger partial charge in [0, 0.05) is 48.9 Å². The normalized spacial score (nSPS) is 21.1. The van der Waals surface area contributed by atoms with Crippen molar-refractivity contribution in [2.75, 3.05) is 7.11 Å². The first-order valence-electron chi connectivity index (χ1n) is 11.1. The second kappa shape index (κ2) is 10.8. The number of aryl methyl sites for hydroxylation is 1. The van der Waals surface area contributed by atoms with Crippen LogP contribution in [0.15, 0.2) is 30.5 Å². The van der Waals surface area contributed by atoms with Crippen LogP contribution in [0.3, 0.4) is 0 Å². The topological polar surface area (TPSA) is 59.4 Å². The number of piperidine rings is 1. The van der Waals surface area contributed by atoms with Crippen molar-refractivity contribution in [1.82, 2.24) is 20.0 Å². The second-order valence-corrected chi connectivity index (χ2v) is 8.84. The van der Waals surface area contributed by atoms with Crippen molar-refractivity contribution < 1.29 is 22.7 Å². The smallest absolute Gasteiger partial charge is 0.416 e. The molecule has 3 unspecified atom stereocenters. The van der Waals surface area contributed by atoms with Gasteiger partial charge in [-0.15, -0.1) is 0 Å². The standard InChI is InChI=1S/C23H30ClF3N4O2/c1-4-18-12-21(13-20(28-18)11-19-6-7-30(5-2)29-19)31(22(32)33-3)14-15-8-16(23(25,26)27)10-17(24)9-15/h6-10,18,20-21,28H,4-5,11-14H2,1-3H3. The van der Waals surface area contributed by atoms with Gasteiger partial charge in [0.15, 0.2) is 0 Å². The number of hydrogen-bond acceptors (Lipinski definition) is 4. The van der Waals surface area contributed by atoms with Crippen LogP contribution in [-0.4, -0.2) is 46.0 Å².